The molecule has 0 saturated heterocycles. The molecule has 0 heterocycles. The van der Waals surface area contributed by atoms with Crippen molar-refractivity contribution in [2.24, 2.45) is 17.8 Å². The summed E-state index contributed by atoms with van der Waals surface area (Å²) in [4.78, 5) is 35.3. The Morgan fingerprint density at radius 3 is 0.951 bits per heavy atom. The lowest BCUT2D eigenvalue weighted by Gasteiger charge is -2.39. The fourth-order valence-electron chi connectivity index (χ4n) is 5.33. The molecule has 13 nitrogen and oxygen atoms in total. The van der Waals surface area contributed by atoms with E-state index in [0.717, 1.165) is 11.3 Å². The second-order valence-corrected chi connectivity index (χ2v) is 17.6. The first kappa shape index (κ1) is 82.8. The average molecular weight is 1260 g/mol. The predicted octanol–water partition coefficient (Wildman–Crippen LogP) is 12.2. The summed E-state index contributed by atoms with van der Waals surface area (Å²) < 4.78 is 328. The van der Waals surface area contributed by atoms with Crippen LogP contribution in [0.4, 0.5) is 96.6 Å². The Kier molecular flexibility index (Phi) is 38.3. The molecule has 0 aromatic carbocycles. The normalized spacial score (nSPS) is 14.5. The fraction of sp³-hybridized carbons (Fsp3) is 0.936. The maximum Gasteiger partial charge on any atom is 0.460 e. The molecule has 0 bridgehead atoms. The van der Waals surface area contributed by atoms with E-state index in [1.165, 1.54) is 20.8 Å². The van der Waals surface area contributed by atoms with Gasteiger partial charge in [0.15, 0.2) is 0 Å². The zero-order valence-electron chi connectivity index (χ0n) is 46.2. The van der Waals surface area contributed by atoms with E-state index >= 15 is 0 Å². The highest BCUT2D eigenvalue weighted by Gasteiger charge is 2.90. The molecule has 492 valence electrons. The van der Waals surface area contributed by atoms with Gasteiger partial charge in [0, 0.05) is 32.5 Å². The molecule has 0 aliphatic carbocycles. The van der Waals surface area contributed by atoms with Gasteiger partial charge in [-0.25, -0.2) is 0 Å². The monoisotopic (exact) mass is 1260 g/mol. The Morgan fingerprint density at radius 1 is 0.354 bits per heavy atom. The predicted molar refractivity (Wildman–Crippen MR) is 245 cm³/mol. The van der Waals surface area contributed by atoms with Crippen molar-refractivity contribution in [3.8, 4) is 0 Å². The van der Waals surface area contributed by atoms with Gasteiger partial charge < -0.3 is 47.5 Å². The molecule has 3 atom stereocenters. The van der Waals surface area contributed by atoms with Gasteiger partial charge in [-0.15, -0.1) is 0 Å². The van der Waals surface area contributed by atoms with Gasteiger partial charge in [0.25, 0.3) is 0 Å². The minimum absolute atomic E-state index is 0.0616. The molecule has 0 spiro atoms. The van der Waals surface area contributed by atoms with E-state index in [2.05, 4.69) is 4.74 Å². The third kappa shape index (κ3) is 26.1. The van der Waals surface area contributed by atoms with Crippen molar-refractivity contribution in [3.63, 3.8) is 0 Å². The van der Waals surface area contributed by atoms with E-state index in [1.807, 2.05) is 13.8 Å². The van der Waals surface area contributed by atoms with Gasteiger partial charge in [-0.1, -0.05) is 48.5 Å². The third-order valence-corrected chi connectivity index (χ3v) is 11.2. The summed E-state index contributed by atoms with van der Waals surface area (Å²) in [5.41, 5.74) is 0. The van der Waals surface area contributed by atoms with Gasteiger partial charge >= 0.3 is 71.7 Å². The van der Waals surface area contributed by atoms with Crippen molar-refractivity contribution < 1.29 is 154 Å². The number of esters is 2. The second kappa shape index (κ2) is 37.9. The number of amides is 1. The van der Waals surface area contributed by atoms with E-state index in [1.54, 1.807) is 21.0 Å². The van der Waals surface area contributed by atoms with E-state index < -0.39 is 109 Å². The molecule has 82 heavy (non-hydrogen) atoms. The average Bonchev–Trinajstić information content (AvgIpc) is 3.47. The molecular weight excluding hydrogens is 1190 g/mol. The summed E-state index contributed by atoms with van der Waals surface area (Å²) in [5, 5.41) is 0. The van der Waals surface area contributed by atoms with Crippen molar-refractivity contribution in [3.05, 3.63) is 0 Å². The molecule has 0 radical (unpaired) electrons. The lowest BCUT2D eigenvalue weighted by molar-refractivity contribution is -0.440. The lowest BCUT2D eigenvalue weighted by atomic mass is 9.93. The van der Waals surface area contributed by atoms with Gasteiger partial charge in [-0.3, -0.25) is 14.4 Å². The summed E-state index contributed by atoms with van der Waals surface area (Å²) in [6.45, 7) is 15.1. The third-order valence-electron chi connectivity index (χ3n) is 11.2. The van der Waals surface area contributed by atoms with Crippen LogP contribution in [0, 0.1) is 17.8 Å². The topological polar surface area (TPSA) is 138 Å². The zero-order valence-corrected chi connectivity index (χ0v) is 46.2. The summed E-state index contributed by atoms with van der Waals surface area (Å²) in [6, 6.07) is 0. The van der Waals surface area contributed by atoms with Crippen molar-refractivity contribution in [1.29, 1.82) is 0 Å². The number of carbonyl (C=O) groups excluding carboxylic acids is 3. The molecule has 0 aromatic heterocycles. The number of hydrogen-bond donors (Lipinski definition) is 0. The molecule has 0 saturated carbocycles. The number of alkyl halides is 22. The molecule has 0 aromatic rings. The van der Waals surface area contributed by atoms with Crippen LogP contribution < -0.4 is 0 Å². The fourth-order valence-corrected chi connectivity index (χ4v) is 5.33. The lowest BCUT2D eigenvalue weighted by Crippen LogP contribution is -2.70. The number of halogens is 22. The van der Waals surface area contributed by atoms with Crippen molar-refractivity contribution in [2.45, 2.75) is 147 Å². The van der Waals surface area contributed by atoms with Crippen LogP contribution in [-0.4, -0.2) is 202 Å². The quantitative estimate of drug-likeness (QED) is 0.0327. The summed E-state index contributed by atoms with van der Waals surface area (Å²) in [7, 11) is 1.64. The van der Waals surface area contributed by atoms with Crippen molar-refractivity contribution in [2.75, 3.05) is 119 Å². The summed E-state index contributed by atoms with van der Waals surface area (Å²) >= 11 is 0. The van der Waals surface area contributed by atoms with E-state index in [0.29, 0.717) is 92.3 Å². The minimum atomic E-state index is -7.93. The highest BCUT2D eigenvalue weighted by Crippen LogP contribution is 2.61. The maximum absolute atomic E-state index is 13.5. The summed E-state index contributed by atoms with van der Waals surface area (Å²) in [5.74, 6) is -60.0. The van der Waals surface area contributed by atoms with Gasteiger partial charge in [0.1, 0.15) is 6.61 Å². The van der Waals surface area contributed by atoms with Crippen LogP contribution in [0.1, 0.15) is 87.0 Å². The Labute approximate surface area is 459 Å². The highest BCUT2D eigenvalue weighted by molar-refractivity contribution is 5.78. The van der Waals surface area contributed by atoms with Gasteiger partial charge in [-0.05, 0) is 25.7 Å². The molecule has 0 fully saturated rings. The van der Waals surface area contributed by atoms with Crippen molar-refractivity contribution >= 4 is 17.8 Å². The molecule has 0 N–H and O–H groups in total. The Morgan fingerprint density at radius 2 is 0.634 bits per heavy atom. The summed E-state index contributed by atoms with van der Waals surface area (Å²) in [6.07, 6.45) is -17.4. The molecular formula is C47H73F22NO12. The number of hydrogen-bond acceptors (Lipinski definition) is 12. The molecule has 1 amide bonds. The Balaban J connectivity index is -0.00000114. The van der Waals surface area contributed by atoms with E-state index in [4.69, 9.17) is 37.9 Å². The van der Waals surface area contributed by atoms with Crippen LogP contribution in [0.2, 0.25) is 0 Å². The van der Waals surface area contributed by atoms with Crippen LogP contribution in [0.3, 0.4) is 0 Å². The van der Waals surface area contributed by atoms with Gasteiger partial charge in [0.2, 0.25) is 5.91 Å². The number of ether oxygens (including phenoxy) is 9. The van der Waals surface area contributed by atoms with Crippen LogP contribution in [-0.2, 0) is 57.0 Å². The van der Waals surface area contributed by atoms with E-state index in [-0.39, 0.29) is 37.9 Å². The van der Waals surface area contributed by atoms with Crippen LogP contribution in [0.15, 0.2) is 0 Å². The Hall–Kier alpha value is -3.41. The van der Waals surface area contributed by atoms with Crippen molar-refractivity contribution in [1.82, 2.24) is 4.90 Å². The highest BCUT2D eigenvalue weighted by atomic mass is 19.4. The number of carbonyl (C=O) groups is 3. The van der Waals surface area contributed by atoms with Gasteiger partial charge in [0.05, 0.1) is 111 Å². The first-order valence-corrected chi connectivity index (χ1v) is 25.1. The number of methoxy groups -OCH3 is 1. The molecule has 0 aliphatic heterocycles. The molecule has 0 rings (SSSR count). The number of nitrogens with zero attached hydrogens (tertiary/aromatic N) is 1. The zero-order chi connectivity index (χ0) is 64.7. The molecule has 35 heteroatoms. The minimum Gasteiger partial charge on any atom is -0.465 e. The first-order valence-electron chi connectivity index (χ1n) is 25.1. The van der Waals surface area contributed by atoms with Crippen LogP contribution >= 0.6 is 0 Å². The maximum atomic E-state index is 13.5. The SMILES string of the molecule is CCC(C)C(=O)OCCC(F)(F)C(F)(F)C(F)(F)C(F)(F)C(F)(F)C(F)(F)F.CCC(C)C(=O)OCCOCCOCCOCCOCCOCCOCCOC.CCCN(CCC(F)(F)C(F)(F)C(F)(F)C(F)(F)F)C(=O)C(C)CC. The van der Waals surface area contributed by atoms with Crippen LogP contribution in [0.5, 0.6) is 0 Å². The Bertz CT molecular complexity index is 1750. The standard InChI is InChI=1S/C20H40O9.C14H20F9NO.C13H13F13O2/c1-4-19(2)20(21)29-18-17-28-16-15-27-14-13-26-12-11-25-10-9-24-8-7-23-6-5-22-3;1-4-7-24(10(25)9(3)5-2)8-6-11(15,16)12(17,18)13(19,20)14(21,22)23;1-3-6(2)7(27)28-5-4-8(14,15)9(16,17)10(18,19)11(20,21)12(22,23)13(24,25)26/h19H,4-18H2,1-3H3;9H,4-8H2,1-3H3;6H,3-5H2,1-2H3. The second-order valence-electron chi connectivity index (χ2n) is 17.6. The molecule has 3 unspecified atom stereocenters. The molecule has 0 aliphatic rings. The largest absolute Gasteiger partial charge is 0.465 e. The van der Waals surface area contributed by atoms with Crippen LogP contribution in [0.25, 0.3) is 0 Å². The van der Waals surface area contributed by atoms with Gasteiger partial charge in [-0.2, -0.15) is 96.6 Å². The van der Waals surface area contributed by atoms with E-state index in [9.17, 15) is 111 Å². The first-order chi connectivity index (χ1) is 37.4. The smallest absolute Gasteiger partial charge is 0.460 e. The number of rotatable bonds is 41.